The first-order valence-corrected chi connectivity index (χ1v) is 11.2. The second-order valence-electron chi connectivity index (χ2n) is 8.07. The third-order valence-electron chi connectivity index (χ3n) is 5.29. The number of carbonyl (C=O) groups is 2. The Labute approximate surface area is 204 Å². The maximum absolute atomic E-state index is 13.8. The summed E-state index contributed by atoms with van der Waals surface area (Å²) in [6.45, 7) is 4.24. The number of halogens is 1. The molecule has 6 nitrogen and oxygen atoms in total. The highest BCUT2D eigenvalue weighted by Gasteiger charge is 2.23. The minimum absolute atomic E-state index is 0.264. The van der Waals surface area contributed by atoms with Gasteiger partial charge in [0.25, 0.3) is 0 Å². The Morgan fingerprint density at radius 3 is 2.41 bits per heavy atom. The molecule has 0 saturated carbocycles. The van der Waals surface area contributed by atoms with Gasteiger partial charge in [-0.1, -0.05) is 31.5 Å². The van der Waals surface area contributed by atoms with Gasteiger partial charge in [-0.05, 0) is 60.9 Å². The molecular formula is C27H28ClNO5. The SMILES string of the molecule is COC(=O)C=Cc1ccc(CC(C)C)n1-c1ccc(Cl)cc1C(=O)c1cccc(OC)c1OC. The largest absolute Gasteiger partial charge is 0.493 e. The lowest BCUT2D eigenvalue weighted by Gasteiger charge is -2.18. The van der Waals surface area contributed by atoms with Crippen LogP contribution < -0.4 is 9.47 Å². The number of para-hydroxylation sites is 1. The second-order valence-corrected chi connectivity index (χ2v) is 8.51. The summed E-state index contributed by atoms with van der Waals surface area (Å²) >= 11 is 6.33. The molecule has 1 heterocycles. The number of aromatic nitrogens is 1. The van der Waals surface area contributed by atoms with Crippen LogP contribution in [0.2, 0.25) is 5.02 Å². The predicted octanol–water partition coefficient (Wildman–Crippen LogP) is 5.76. The topological polar surface area (TPSA) is 66.8 Å². The lowest BCUT2D eigenvalue weighted by molar-refractivity contribution is -0.134. The standard InChI is InChI=1S/C27H28ClNO5/c1-17(2)15-20-11-10-19(12-14-25(30)33-4)29(20)23-13-9-18(28)16-22(23)26(31)21-7-6-8-24(32-3)27(21)34-5/h6-14,16-17H,15H2,1-5H3. The number of ketones is 1. The quantitative estimate of drug-likeness (QED) is 0.221. The van der Waals surface area contributed by atoms with E-state index in [9.17, 15) is 9.59 Å². The molecule has 178 valence electrons. The molecule has 3 rings (SSSR count). The lowest BCUT2D eigenvalue weighted by atomic mass is 9.99. The highest BCUT2D eigenvalue weighted by atomic mass is 35.5. The summed E-state index contributed by atoms with van der Waals surface area (Å²) in [5.74, 6) is 0.449. The van der Waals surface area contributed by atoms with Crippen molar-refractivity contribution in [3.05, 3.63) is 82.1 Å². The molecule has 2 aromatic carbocycles. The maximum Gasteiger partial charge on any atom is 0.330 e. The number of esters is 1. The third-order valence-corrected chi connectivity index (χ3v) is 5.53. The zero-order valence-corrected chi connectivity index (χ0v) is 20.7. The molecule has 0 aliphatic rings. The minimum Gasteiger partial charge on any atom is -0.493 e. The fourth-order valence-corrected chi connectivity index (χ4v) is 3.99. The van der Waals surface area contributed by atoms with E-state index in [0.29, 0.717) is 39.3 Å². The highest BCUT2D eigenvalue weighted by Crippen LogP contribution is 2.34. The molecule has 0 spiro atoms. The van der Waals surface area contributed by atoms with Crippen LogP contribution in [0.25, 0.3) is 11.8 Å². The van der Waals surface area contributed by atoms with Crippen LogP contribution in [-0.4, -0.2) is 37.6 Å². The summed E-state index contributed by atoms with van der Waals surface area (Å²) in [4.78, 5) is 25.6. The van der Waals surface area contributed by atoms with Gasteiger partial charge in [0.2, 0.25) is 0 Å². The van der Waals surface area contributed by atoms with Gasteiger partial charge in [-0.2, -0.15) is 0 Å². The van der Waals surface area contributed by atoms with E-state index in [1.165, 1.54) is 27.4 Å². The summed E-state index contributed by atoms with van der Waals surface area (Å²) in [5.41, 5.74) is 3.12. The summed E-state index contributed by atoms with van der Waals surface area (Å²) in [6, 6.07) is 14.3. The average Bonchev–Trinajstić information content (AvgIpc) is 3.22. The van der Waals surface area contributed by atoms with Gasteiger partial charge in [-0.15, -0.1) is 0 Å². The van der Waals surface area contributed by atoms with E-state index < -0.39 is 5.97 Å². The van der Waals surface area contributed by atoms with E-state index >= 15 is 0 Å². The van der Waals surface area contributed by atoms with Crippen LogP contribution in [0.5, 0.6) is 11.5 Å². The Morgan fingerprint density at radius 2 is 1.76 bits per heavy atom. The molecule has 3 aromatic rings. The van der Waals surface area contributed by atoms with Gasteiger partial charge in [0.1, 0.15) is 0 Å². The number of hydrogen-bond donors (Lipinski definition) is 0. The molecule has 7 heteroatoms. The fraction of sp³-hybridized carbons (Fsp3) is 0.259. The van der Waals surface area contributed by atoms with Crippen molar-refractivity contribution in [1.29, 1.82) is 0 Å². The fourth-order valence-electron chi connectivity index (χ4n) is 3.82. The summed E-state index contributed by atoms with van der Waals surface area (Å²) in [7, 11) is 4.35. The Bertz CT molecular complexity index is 1230. The van der Waals surface area contributed by atoms with Crippen LogP contribution in [0.4, 0.5) is 0 Å². The molecule has 0 unspecified atom stereocenters. The maximum atomic E-state index is 13.8. The molecule has 0 atom stereocenters. The molecule has 0 bridgehead atoms. The van der Waals surface area contributed by atoms with Crippen molar-refractivity contribution in [2.45, 2.75) is 20.3 Å². The number of hydrogen-bond acceptors (Lipinski definition) is 5. The Kier molecular flexibility index (Phi) is 8.18. The van der Waals surface area contributed by atoms with E-state index in [1.54, 1.807) is 36.4 Å². The van der Waals surface area contributed by atoms with Crippen molar-refractivity contribution < 1.29 is 23.8 Å². The number of rotatable bonds is 9. The van der Waals surface area contributed by atoms with Crippen molar-refractivity contribution in [2.75, 3.05) is 21.3 Å². The Hall–Kier alpha value is -3.51. The minimum atomic E-state index is -0.466. The first-order chi connectivity index (χ1) is 16.3. The van der Waals surface area contributed by atoms with E-state index in [2.05, 4.69) is 13.8 Å². The number of carbonyl (C=O) groups excluding carboxylic acids is 2. The third kappa shape index (κ3) is 5.34. The number of nitrogens with zero attached hydrogens (tertiary/aromatic N) is 1. The molecule has 0 radical (unpaired) electrons. The van der Waals surface area contributed by atoms with Gasteiger partial charge in [-0.25, -0.2) is 4.79 Å². The highest BCUT2D eigenvalue weighted by molar-refractivity contribution is 6.31. The van der Waals surface area contributed by atoms with Crippen molar-refractivity contribution in [2.24, 2.45) is 5.92 Å². The molecule has 0 saturated heterocycles. The number of methoxy groups -OCH3 is 3. The van der Waals surface area contributed by atoms with E-state index in [0.717, 1.165) is 17.8 Å². The average molecular weight is 482 g/mol. The number of ether oxygens (including phenoxy) is 3. The first-order valence-electron chi connectivity index (χ1n) is 10.8. The molecule has 0 amide bonds. The van der Waals surface area contributed by atoms with Crippen LogP contribution in [0, 0.1) is 5.92 Å². The molecule has 1 aromatic heterocycles. The summed E-state index contributed by atoms with van der Waals surface area (Å²) < 4.78 is 17.6. The normalized spacial score (nSPS) is 11.1. The number of benzene rings is 2. The van der Waals surface area contributed by atoms with Crippen LogP contribution in [0.3, 0.4) is 0 Å². The summed E-state index contributed by atoms with van der Waals surface area (Å²) in [5, 5.41) is 0.429. The van der Waals surface area contributed by atoms with Gasteiger partial charge < -0.3 is 18.8 Å². The second kappa shape index (κ2) is 11.1. The van der Waals surface area contributed by atoms with Gasteiger partial charge >= 0.3 is 5.97 Å². The van der Waals surface area contributed by atoms with Crippen molar-refractivity contribution >= 4 is 29.4 Å². The van der Waals surface area contributed by atoms with E-state index in [-0.39, 0.29) is 5.78 Å². The van der Waals surface area contributed by atoms with Crippen LogP contribution in [0.1, 0.15) is 41.2 Å². The van der Waals surface area contributed by atoms with Gasteiger partial charge in [0.05, 0.1) is 32.6 Å². The van der Waals surface area contributed by atoms with Gasteiger partial charge in [0, 0.05) is 28.0 Å². The zero-order chi connectivity index (χ0) is 24.8. The van der Waals surface area contributed by atoms with Crippen LogP contribution >= 0.6 is 11.6 Å². The molecule has 34 heavy (non-hydrogen) atoms. The molecule has 0 aliphatic heterocycles. The predicted molar refractivity (Wildman–Crippen MR) is 133 cm³/mol. The van der Waals surface area contributed by atoms with Crippen molar-refractivity contribution in [3.63, 3.8) is 0 Å². The zero-order valence-electron chi connectivity index (χ0n) is 19.9. The summed E-state index contributed by atoms with van der Waals surface area (Å²) in [6.07, 6.45) is 3.79. The van der Waals surface area contributed by atoms with Crippen LogP contribution in [-0.2, 0) is 16.0 Å². The smallest absolute Gasteiger partial charge is 0.330 e. The monoisotopic (exact) mass is 481 g/mol. The van der Waals surface area contributed by atoms with Crippen molar-refractivity contribution in [1.82, 2.24) is 4.57 Å². The Morgan fingerprint density at radius 1 is 1.00 bits per heavy atom. The van der Waals surface area contributed by atoms with Crippen molar-refractivity contribution in [3.8, 4) is 17.2 Å². The molecule has 0 fully saturated rings. The van der Waals surface area contributed by atoms with E-state index in [1.807, 2.05) is 22.8 Å². The first kappa shape index (κ1) is 25.1. The lowest BCUT2D eigenvalue weighted by Crippen LogP contribution is -2.13. The van der Waals surface area contributed by atoms with Gasteiger partial charge in [0.15, 0.2) is 17.3 Å². The van der Waals surface area contributed by atoms with E-state index in [4.69, 9.17) is 25.8 Å². The van der Waals surface area contributed by atoms with Crippen LogP contribution in [0.15, 0.2) is 54.6 Å². The van der Waals surface area contributed by atoms with Gasteiger partial charge in [-0.3, -0.25) is 4.79 Å². The Balaban J connectivity index is 2.24. The molecule has 0 aliphatic carbocycles. The molecule has 0 N–H and O–H groups in total. The molecular weight excluding hydrogens is 454 g/mol.